The van der Waals surface area contributed by atoms with Crippen LogP contribution < -0.4 is 10.9 Å². The zero-order chi connectivity index (χ0) is 21.1. The normalized spacial score (nSPS) is 10.7. The monoisotopic (exact) mass is 440 g/mol. The van der Waals surface area contributed by atoms with Gasteiger partial charge in [-0.05, 0) is 18.2 Å². The molecule has 0 fully saturated rings. The fourth-order valence-electron chi connectivity index (χ4n) is 2.78. The Bertz CT molecular complexity index is 1270. The first-order valence-electron chi connectivity index (χ1n) is 8.82. The van der Waals surface area contributed by atoms with E-state index in [9.17, 15) is 14.0 Å². The first-order valence-corrected chi connectivity index (χ1v) is 10.1. The van der Waals surface area contributed by atoms with Crippen molar-refractivity contribution in [2.24, 2.45) is 0 Å². The Hall–Kier alpha value is -3.36. The van der Waals surface area contributed by atoms with Crippen LogP contribution in [0.25, 0.3) is 21.8 Å². The van der Waals surface area contributed by atoms with Gasteiger partial charge in [-0.3, -0.25) is 14.2 Å². The fraction of sp³-hybridized carbons (Fsp3) is 0.0476. The third-order valence-corrected chi connectivity index (χ3v) is 5.41. The third-order valence-electron chi connectivity index (χ3n) is 4.22. The van der Waals surface area contributed by atoms with Gasteiger partial charge in [0.2, 0.25) is 5.91 Å². The summed E-state index contributed by atoms with van der Waals surface area (Å²) in [7, 11) is 0. The minimum atomic E-state index is -0.510. The van der Waals surface area contributed by atoms with E-state index in [1.165, 1.54) is 40.6 Å². The molecule has 9 heteroatoms. The number of carbonyl (C=O) groups is 1. The van der Waals surface area contributed by atoms with E-state index in [4.69, 9.17) is 11.6 Å². The summed E-state index contributed by atoms with van der Waals surface area (Å²) in [5.74, 6) is -1.00. The molecule has 0 saturated heterocycles. The predicted molar refractivity (Wildman–Crippen MR) is 115 cm³/mol. The van der Waals surface area contributed by atoms with E-state index in [2.05, 4.69) is 15.3 Å². The molecule has 0 unspecified atom stereocenters. The number of anilines is 1. The highest BCUT2D eigenvalue weighted by atomic mass is 35.5. The lowest BCUT2D eigenvalue weighted by atomic mass is 10.2. The maximum Gasteiger partial charge on any atom is 0.264 e. The molecule has 0 radical (unpaired) electrons. The van der Waals surface area contributed by atoms with Crippen LogP contribution in [-0.4, -0.2) is 20.4 Å². The van der Waals surface area contributed by atoms with Crippen LogP contribution in [0.5, 0.6) is 0 Å². The van der Waals surface area contributed by atoms with E-state index in [1.54, 1.807) is 0 Å². The van der Waals surface area contributed by atoms with Crippen molar-refractivity contribution < 1.29 is 9.18 Å². The Morgan fingerprint density at radius 1 is 1.20 bits per heavy atom. The summed E-state index contributed by atoms with van der Waals surface area (Å²) in [5.41, 5.74) is 1.87. The second-order valence-corrected chi connectivity index (χ2v) is 7.58. The molecule has 2 heterocycles. The second kappa shape index (κ2) is 8.56. The van der Waals surface area contributed by atoms with E-state index in [0.717, 1.165) is 17.3 Å². The highest BCUT2D eigenvalue weighted by molar-refractivity contribution is 7.13. The average molecular weight is 441 g/mol. The quantitative estimate of drug-likeness (QED) is 0.497. The Balaban J connectivity index is 1.55. The molecule has 0 saturated carbocycles. The van der Waals surface area contributed by atoms with Crippen molar-refractivity contribution in [1.82, 2.24) is 14.5 Å². The van der Waals surface area contributed by atoms with Crippen molar-refractivity contribution in [3.05, 3.63) is 87.6 Å². The number of hydrogen-bond acceptors (Lipinski definition) is 5. The van der Waals surface area contributed by atoms with E-state index in [1.807, 2.05) is 35.7 Å². The van der Waals surface area contributed by atoms with Crippen LogP contribution in [0.15, 0.2) is 71.2 Å². The van der Waals surface area contributed by atoms with Gasteiger partial charge in [0, 0.05) is 17.1 Å². The maximum atomic E-state index is 13.1. The van der Waals surface area contributed by atoms with E-state index < -0.39 is 11.7 Å². The Morgan fingerprint density at radius 3 is 2.77 bits per heavy atom. The summed E-state index contributed by atoms with van der Waals surface area (Å²) in [6, 6.07) is 13.3. The van der Waals surface area contributed by atoms with E-state index in [0.29, 0.717) is 10.6 Å². The molecule has 2 aromatic heterocycles. The fourth-order valence-corrected chi connectivity index (χ4v) is 3.83. The Labute approximate surface area is 179 Å². The first-order chi connectivity index (χ1) is 14.5. The van der Waals surface area contributed by atoms with Crippen molar-refractivity contribution in [2.75, 3.05) is 5.32 Å². The van der Waals surface area contributed by atoms with Gasteiger partial charge in [0.1, 0.15) is 17.4 Å². The van der Waals surface area contributed by atoms with Crippen molar-refractivity contribution >= 4 is 34.5 Å². The molecule has 0 atom stereocenters. The second-order valence-electron chi connectivity index (χ2n) is 6.32. The lowest BCUT2D eigenvalue weighted by Crippen LogP contribution is -2.28. The standard InChI is InChI=1S/C21H14ClFN4O2S/c22-16-8-14(23)6-7-17(16)25-19(28)10-27-12-24-9-15(21(27)29)20-26-18(11-30-20)13-4-2-1-3-5-13/h1-9,11-12H,10H2,(H,25,28). The van der Waals surface area contributed by atoms with Gasteiger partial charge in [0.25, 0.3) is 5.56 Å². The topological polar surface area (TPSA) is 76.9 Å². The smallest absolute Gasteiger partial charge is 0.264 e. The first kappa shape index (κ1) is 19.9. The highest BCUT2D eigenvalue weighted by Crippen LogP contribution is 2.26. The van der Waals surface area contributed by atoms with Crippen LogP contribution in [0.2, 0.25) is 5.02 Å². The predicted octanol–water partition coefficient (Wildman–Crippen LogP) is 4.47. The van der Waals surface area contributed by atoms with Crippen LogP contribution in [0.3, 0.4) is 0 Å². The van der Waals surface area contributed by atoms with Crippen LogP contribution in [0, 0.1) is 5.82 Å². The van der Waals surface area contributed by atoms with Gasteiger partial charge in [0.15, 0.2) is 0 Å². The molecule has 4 aromatic rings. The number of thiazole rings is 1. The molecule has 150 valence electrons. The minimum absolute atomic E-state index is 0.0683. The van der Waals surface area contributed by atoms with Crippen LogP contribution in [0.1, 0.15) is 0 Å². The molecular weight excluding hydrogens is 427 g/mol. The van der Waals surface area contributed by atoms with Gasteiger partial charge in [-0.1, -0.05) is 41.9 Å². The zero-order valence-electron chi connectivity index (χ0n) is 15.4. The van der Waals surface area contributed by atoms with Gasteiger partial charge in [-0.2, -0.15) is 0 Å². The van der Waals surface area contributed by atoms with Crippen molar-refractivity contribution in [3.8, 4) is 21.8 Å². The lowest BCUT2D eigenvalue weighted by molar-refractivity contribution is -0.116. The molecule has 0 aliphatic carbocycles. The van der Waals surface area contributed by atoms with Gasteiger partial charge in [0.05, 0.1) is 28.3 Å². The SMILES string of the molecule is O=C(Cn1cncc(-c2nc(-c3ccccc3)cs2)c1=O)Nc1ccc(F)cc1Cl. The van der Waals surface area contributed by atoms with Crippen LogP contribution in [0.4, 0.5) is 10.1 Å². The lowest BCUT2D eigenvalue weighted by Gasteiger charge is -2.09. The van der Waals surface area contributed by atoms with Crippen molar-refractivity contribution in [3.63, 3.8) is 0 Å². The molecule has 0 aliphatic heterocycles. The van der Waals surface area contributed by atoms with Crippen molar-refractivity contribution in [1.29, 1.82) is 0 Å². The number of halogens is 2. The summed E-state index contributed by atoms with van der Waals surface area (Å²) in [4.78, 5) is 33.8. The molecule has 6 nitrogen and oxygen atoms in total. The molecule has 1 N–H and O–H groups in total. The average Bonchev–Trinajstić information content (AvgIpc) is 3.22. The third kappa shape index (κ3) is 4.29. The number of carbonyl (C=O) groups excluding carboxylic acids is 1. The van der Waals surface area contributed by atoms with Crippen molar-refractivity contribution in [2.45, 2.75) is 6.54 Å². The van der Waals surface area contributed by atoms with Gasteiger partial charge < -0.3 is 5.32 Å². The number of nitrogens with zero attached hydrogens (tertiary/aromatic N) is 3. The number of benzene rings is 2. The van der Waals surface area contributed by atoms with Gasteiger partial charge >= 0.3 is 0 Å². The number of nitrogens with one attached hydrogen (secondary N) is 1. The molecule has 4 rings (SSSR count). The number of rotatable bonds is 5. The zero-order valence-corrected chi connectivity index (χ0v) is 17.0. The maximum absolute atomic E-state index is 13.1. The van der Waals surface area contributed by atoms with Gasteiger partial charge in [-0.15, -0.1) is 11.3 Å². The summed E-state index contributed by atoms with van der Waals surface area (Å²) in [6.07, 6.45) is 2.71. The van der Waals surface area contributed by atoms with E-state index in [-0.39, 0.29) is 22.8 Å². The van der Waals surface area contributed by atoms with Gasteiger partial charge in [-0.25, -0.2) is 14.4 Å². The Kier molecular flexibility index (Phi) is 5.69. The van der Waals surface area contributed by atoms with E-state index >= 15 is 0 Å². The number of hydrogen-bond donors (Lipinski definition) is 1. The van der Waals surface area contributed by atoms with Crippen LogP contribution in [-0.2, 0) is 11.3 Å². The number of amides is 1. The summed E-state index contributed by atoms with van der Waals surface area (Å²) >= 11 is 7.25. The molecule has 0 bridgehead atoms. The number of aromatic nitrogens is 3. The largest absolute Gasteiger partial charge is 0.323 e. The molecule has 0 spiro atoms. The highest BCUT2D eigenvalue weighted by Gasteiger charge is 2.14. The Morgan fingerprint density at radius 2 is 2.00 bits per heavy atom. The summed E-state index contributed by atoms with van der Waals surface area (Å²) in [5, 5.41) is 5.01. The molecule has 0 aliphatic rings. The summed E-state index contributed by atoms with van der Waals surface area (Å²) < 4.78 is 14.3. The summed E-state index contributed by atoms with van der Waals surface area (Å²) in [6.45, 7) is -0.274. The molecule has 1 amide bonds. The minimum Gasteiger partial charge on any atom is -0.323 e. The van der Waals surface area contributed by atoms with Crippen LogP contribution >= 0.6 is 22.9 Å². The molecule has 2 aromatic carbocycles. The molecule has 30 heavy (non-hydrogen) atoms. The molecular formula is C21H14ClFN4O2S.